The highest BCUT2D eigenvalue weighted by molar-refractivity contribution is 4.69. The fraction of sp³-hybridized carbons (Fsp3) is 1.00. The Labute approximate surface area is 97.2 Å². The van der Waals surface area contributed by atoms with Crippen molar-refractivity contribution in [1.82, 2.24) is 4.90 Å². The molecule has 0 N–H and O–H groups in total. The van der Waals surface area contributed by atoms with E-state index in [1.165, 1.54) is 38.8 Å². The van der Waals surface area contributed by atoms with Gasteiger partial charge in [-0.25, -0.2) is 0 Å². The zero-order chi connectivity index (χ0) is 11.9. The van der Waals surface area contributed by atoms with Crippen molar-refractivity contribution in [1.29, 1.82) is 0 Å². The van der Waals surface area contributed by atoms with Crippen LogP contribution in [-0.4, -0.2) is 25.0 Å². The second-order valence-electron chi connectivity index (χ2n) is 6.01. The molecule has 0 radical (unpaired) electrons. The Balaban J connectivity index is 3.39. The van der Waals surface area contributed by atoms with E-state index in [0.717, 1.165) is 5.92 Å². The van der Waals surface area contributed by atoms with Gasteiger partial charge < -0.3 is 4.90 Å². The third-order valence-corrected chi connectivity index (χ3v) is 3.70. The molecule has 0 aliphatic rings. The largest absolute Gasteiger partial charge is 0.307 e. The third kappa shape index (κ3) is 7.84. The molecule has 1 atom stereocenters. The molecule has 1 unspecified atom stereocenters. The van der Waals surface area contributed by atoms with Gasteiger partial charge in [-0.15, -0.1) is 0 Å². The zero-order valence-electron chi connectivity index (χ0n) is 11.8. The standard InChI is InChI=1S/C14H31N/c1-7-15(6)12-10-8-9-11-13(2)14(3,4)5/h13H,7-12H2,1-6H3. The Morgan fingerprint density at radius 1 is 1.07 bits per heavy atom. The highest BCUT2D eigenvalue weighted by Gasteiger charge is 2.18. The average molecular weight is 213 g/mol. The second kappa shape index (κ2) is 7.27. The monoisotopic (exact) mass is 213 g/mol. The smallest absolute Gasteiger partial charge is 0.00219 e. The van der Waals surface area contributed by atoms with Crippen LogP contribution in [0.15, 0.2) is 0 Å². The van der Waals surface area contributed by atoms with Crippen LogP contribution in [0.4, 0.5) is 0 Å². The summed E-state index contributed by atoms with van der Waals surface area (Å²) >= 11 is 0. The molecule has 0 saturated carbocycles. The van der Waals surface area contributed by atoms with Crippen LogP contribution in [0.3, 0.4) is 0 Å². The first-order valence-electron chi connectivity index (χ1n) is 6.56. The van der Waals surface area contributed by atoms with Gasteiger partial charge in [0, 0.05) is 0 Å². The molecule has 0 bridgehead atoms. The molecule has 0 aliphatic carbocycles. The number of hydrogen-bond donors (Lipinski definition) is 0. The molecule has 15 heavy (non-hydrogen) atoms. The molecule has 1 nitrogen and oxygen atoms in total. The third-order valence-electron chi connectivity index (χ3n) is 3.70. The van der Waals surface area contributed by atoms with Crippen molar-refractivity contribution >= 4 is 0 Å². The minimum absolute atomic E-state index is 0.486. The Hall–Kier alpha value is -0.0400. The molecule has 0 saturated heterocycles. The molecule has 0 spiro atoms. The Kier molecular flexibility index (Phi) is 7.25. The summed E-state index contributed by atoms with van der Waals surface area (Å²) in [6.45, 7) is 14.1. The van der Waals surface area contributed by atoms with Gasteiger partial charge in [0.15, 0.2) is 0 Å². The first-order chi connectivity index (χ1) is 6.88. The highest BCUT2D eigenvalue weighted by atomic mass is 15.1. The van der Waals surface area contributed by atoms with Crippen molar-refractivity contribution in [3.8, 4) is 0 Å². The molecular formula is C14H31N. The maximum atomic E-state index is 2.40. The quantitative estimate of drug-likeness (QED) is 0.573. The van der Waals surface area contributed by atoms with Crippen LogP contribution < -0.4 is 0 Å². The van der Waals surface area contributed by atoms with Gasteiger partial charge in [0.2, 0.25) is 0 Å². The summed E-state index contributed by atoms with van der Waals surface area (Å²) in [6, 6.07) is 0. The normalized spacial score (nSPS) is 14.6. The average Bonchev–Trinajstić information content (AvgIpc) is 2.15. The summed E-state index contributed by atoms with van der Waals surface area (Å²) in [4.78, 5) is 2.40. The second-order valence-corrected chi connectivity index (χ2v) is 6.01. The van der Waals surface area contributed by atoms with Crippen molar-refractivity contribution in [3.05, 3.63) is 0 Å². The summed E-state index contributed by atoms with van der Waals surface area (Å²) < 4.78 is 0. The van der Waals surface area contributed by atoms with Crippen molar-refractivity contribution < 1.29 is 0 Å². The minimum Gasteiger partial charge on any atom is -0.307 e. The molecule has 0 heterocycles. The van der Waals surface area contributed by atoms with Crippen molar-refractivity contribution in [2.24, 2.45) is 11.3 Å². The van der Waals surface area contributed by atoms with Crippen LogP contribution in [0.2, 0.25) is 0 Å². The van der Waals surface area contributed by atoms with Gasteiger partial charge >= 0.3 is 0 Å². The van der Waals surface area contributed by atoms with E-state index in [9.17, 15) is 0 Å². The topological polar surface area (TPSA) is 3.24 Å². The van der Waals surface area contributed by atoms with Crippen LogP contribution in [0.25, 0.3) is 0 Å². The van der Waals surface area contributed by atoms with Gasteiger partial charge in [-0.05, 0) is 37.9 Å². The lowest BCUT2D eigenvalue weighted by molar-refractivity contribution is 0.239. The van der Waals surface area contributed by atoms with Crippen molar-refractivity contribution in [2.45, 2.75) is 60.3 Å². The van der Waals surface area contributed by atoms with Gasteiger partial charge in [0.1, 0.15) is 0 Å². The number of rotatable bonds is 7. The van der Waals surface area contributed by atoms with E-state index in [2.05, 4.69) is 46.6 Å². The predicted molar refractivity (Wildman–Crippen MR) is 70.3 cm³/mol. The van der Waals surface area contributed by atoms with Gasteiger partial charge in [0.25, 0.3) is 0 Å². The molecule has 0 fully saturated rings. The number of unbranched alkanes of at least 4 members (excludes halogenated alkanes) is 2. The zero-order valence-corrected chi connectivity index (χ0v) is 11.8. The van der Waals surface area contributed by atoms with Crippen LogP contribution >= 0.6 is 0 Å². The summed E-state index contributed by atoms with van der Waals surface area (Å²) in [7, 11) is 2.21. The van der Waals surface area contributed by atoms with Crippen molar-refractivity contribution in [3.63, 3.8) is 0 Å². The molecule has 0 aromatic carbocycles. The van der Waals surface area contributed by atoms with Crippen LogP contribution in [0.5, 0.6) is 0 Å². The summed E-state index contributed by atoms with van der Waals surface area (Å²) in [5.74, 6) is 0.849. The first kappa shape index (κ1) is 15.0. The summed E-state index contributed by atoms with van der Waals surface area (Å²) in [5.41, 5.74) is 0.486. The SMILES string of the molecule is CCN(C)CCCCCC(C)C(C)(C)C. The molecular weight excluding hydrogens is 182 g/mol. The van der Waals surface area contributed by atoms with Gasteiger partial charge in [-0.1, -0.05) is 53.9 Å². The van der Waals surface area contributed by atoms with E-state index < -0.39 is 0 Å². The predicted octanol–water partition coefficient (Wildman–Crippen LogP) is 4.18. The van der Waals surface area contributed by atoms with Crippen LogP contribution in [0.1, 0.15) is 60.3 Å². The molecule has 0 aromatic rings. The Morgan fingerprint density at radius 3 is 2.13 bits per heavy atom. The van der Waals surface area contributed by atoms with E-state index in [1.54, 1.807) is 0 Å². The molecule has 92 valence electrons. The first-order valence-corrected chi connectivity index (χ1v) is 6.56. The fourth-order valence-electron chi connectivity index (χ4n) is 1.60. The number of nitrogens with zero attached hydrogens (tertiary/aromatic N) is 1. The molecule has 0 aromatic heterocycles. The lowest BCUT2D eigenvalue weighted by Gasteiger charge is -2.27. The molecule has 0 amide bonds. The van der Waals surface area contributed by atoms with Gasteiger partial charge in [0.05, 0.1) is 0 Å². The number of hydrogen-bond acceptors (Lipinski definition) is 1. The Morgan fingerprint density at radius 2 is 1.67 bits per heavy atom. The summed E-state index contributed by atoms with van der Waals surface area (Å²) in [6.07, 6.45) is 5.54. The molecule has 0 aliphatic heterocycles. The van der Waals surface area contributed by atoms with E-state index in [1.807, 2.05) is 0 Å². The molecule has 0 rings (SSSR count). The lowest BCUT2D eigenvalue weighted by atomic mass is 9.79. The maximum Gasteiger partial charge on any atom is -0.00219 e. The van der Waals surface area contributed by atoms with E-state index in [-0.39, 0.29) is 0 Å². The van der Waals surface area contributed by atoms with Crippen LogP contribution in [0, 0.1) is 11.3 Å². The van der Waals surface area contributed by atoms with E-state index in [0.29, 0.717) is 5.41 Å². The molecule has 1 heteroatoms. The lowest BCUT2D eigenvalue weighted by Crippen LogP contribution is -2.19. The van der Waals surface area contributed by atoms with E-state index in [4.69, 9.17) is 0 Å². The minimum atomic E-state index is 0.486. The van der Waals surface area contributed by atoms with Crippen molar-refractivity contribution in [2.75, 3.05) is 20.1 Å². The highest BCUT2D eigenvalue weighted by Crippen LogP contribution is 2.29. The summed E-state index contributed by atoms with van der Waals surface area (Å²) in [5, 5.41) is 0. The fourth-order valence-corrected chi connectivity index (χ4v) is 1.60. The van der Waals surface area contributed by atoms with Crippen LogP contribution in [-0.2, 0) is 0 Å². The van der Waals surface area contributed by atoms with Gasteiger partial charge in [-0.3, -0.25) is 0 Å². The maximum absolute atomic E-state index is 2.40. The van der Waals surface area contributed by atoms with E-state index >= 15 is 0 Å². The van der Waals surface area contributed by atoms with Gasteiger partial charge in [-0.2, -0.15) is 0 Å². The Bertz CT molecular complexity index is 146.